The minimum absolute atomic E-state index is 0.0843. The van der Waals surface area contributed by atoms with Gasteiger partial charge >= 0.3 is 0 Å². The van der Waals surface area contributed by atoms with E-state index >= 15 is 0 Å². The van der Waals surface area contributed by atoms with Crippen LogP contribution in [0.5, 0.6) is 5.75 Å². The molecule has 1 atom stereocenters. The monoisotopic (exact) mass is 354 g/mol. The topological polar surface area (TPSA) is 50.4 Å². The number of benzene rings is 2. The summed E-state index contributed by atoms with van der Waals surface area (Å²) in [4.78, 5) is 12.4. The van der Waals surface area contributed by atoms with E-state index in [1.54, 1.807) is 7.11 Å². The molecule has 4 heteroatoms. The largest absolute Gasteiger partial charge is 0.495 e. The number of rotatable bonds is 8. The average Bonchev–Trinajstić information content (AvgIpc) is 2.62. The Morgan fingerprint density at radius 2 is 1.58 bits per heavy atom. The summed E-state index contributed by atoms with van der Waals surface area (Å²) < 4.78 is 5.27. The highest BCUT2D eigenvalue weighted by Gasteiger charge is 2.17. The van der Waals surface area contributed by atoms with Crippen molar-refractivity contribution in [2.24, 2.45) is 5.92 Å². The van der Waals surface area contributed by atoms with Crippen molar-refractivity contribution in [2.45, 2.75) is 39.7 Å². The Labute approximate surface area is 157 Å². The molecule has 0 fully saturated rings. The lowest BCUT2D eigenvalue weighted by molar-refractivity contribution is -0.115. The Balaban J connectivity index is 2.00. The third kappa shape index (κ3) is 5.33. The highest BCUT2D eigenvalue weighted by molar-refractivity contribution is 5.93. The molecule has 0 spiro atoms. The minimum Gasteiger partial charge on any atom is -0.495 e. The van der Waals surface area contributed by atoms with E-state index in [2.05, 4.69) is 62.6 Å². The van der Waals surface area contributed by atoms with Crippen LogP contribution in [0.15, 0.2) is 48.5 Å². The van der Waals surface area contributed by atoms with Crippen LogP contribution >= 0.6 is 0 Å². The summed E-state index contributed by atoms with van der Waals surface area (Å²) >= 11 is 0. The molecular weight excluding hydrogens is 324 g/mol. The number of para-hydroxylation sites is 2. The molecule has 0 unspecified atom stereocenters. The zero-order valence-electron chi connectivity index (χ0n) is 16.4. The number of methoxy groups -OCH3 is 1. The van der Waals surface area contributed by atoms with E-state index in [0.717, 1.165) is 0 Å². The standard InChI is InChI=1S/C22H30N2O2/c1-15(2)17-10-12-18(13-11-17)22(16(3)4)23-14-21(25)24-19-8-6-7-9-20(19)26-5/h6-13,15-16,22-23H,14H2,1-5H3,(H,24,25)/t22-/m1/s1. The van der Waals surface area contributed by atoms with Crippen LogP contribution < -0.4 is 15.4 Å². The molecule has 140 valence electrons. The molecule has 0 aromatic heterocycles. The van der Waals surface area contributed by atoms with Crippen LogP contribution in [0.4, 0.5) is 5.69 Å². The molecule has 0 bridgehead atoms. The van der Waals surface area contributed by atoms with Gasteiger partial charge in [-0.25, -0.2) is 0 Å². The number of hydrogen-bond acceptors (Lipinski definition) is 3. The zero-order valence-corrected chi connectivity index (χ0v) is 16.4. The van der Waals surface area contributed by atoms with Crippen molar-refractivity contribution in [2.75, 3.05) is 19.0 Å². The van der Waals surface area contributed by atoms with Crippen molar-refractivity contribution in [3.63, 3.8) is 0 Å². The number of nitrogens with one attached hydrogen (secondary N) is 2. The number of ether oxygens (including phenoxy) is 1. The fourth-order valence-corrected chi connectivity index (χ4v) is 2.97. The molecule has 0 saturated heterocycles. The van der Waals surface area contributed by atoms with Crippen molar-refractivity contribution < 1.29 is 9.53 Å². The first-order valence-electron chi connectivity index (χ1n) is 9.18. The number of carbonyl (C=O) groups is 1. The summed E-state index contributed by atoms with van der Waals surface area (Å²) in [6, 6.07) is 16.2. The van der Waals surface area contributed by atoms with E-state index in [-0.39, 0.29) is 18.5 Å². The van der Waals surface area contributed by atoms with Gasteiger partial charge in [0, 0.05) is 6.04 Å². The molecule has 0 aliphatic rings. The Morgan fingerprint density at radius 1 is 0.962 bits per heavy atom. The maximum absolute atomic E-state index is 12.4. The molecule has 1 amide bonds. The molecular formula is C22H30N2O2. The zero-order chi connectivity index (χ0) is 19.1. The molecule has 0 aliphatic carbocycles. The molecule has 0 radical (unpaired) electrons. The Kier molecular flexibility index (Phi) is 7.22. The highest BCUT2D eigenvalue weighted by Crippen LogP contribution is 2.25. The summed E-state index contributed by atoms with van der Waals surface area (Å²) in [5.74, 6) is 1.46. The lowest BCUT2D eigenvalue weighted by Gasteiger charge is -2.23. The first kappa shape index (κ1) is 20.0. The van der Waals surface area contributed by atoms with Crippen LogP contribution in [-0.4, -0.2) is 19.6 Å². The van der Waals surface area contributed by atoms with Gasteiger partial charge in [-0.2, -0.15) is 0 Å². The van der Waals surface area contributed by atoms with Gasteiger partial charge in [-0.15, -0.1) is 0 Å². The minimum atomic E-state index is -0.0843. The van der Waals surface area contributed by atoms with Crippen LogP contribution in [0.3, 0.4) is 0 Å². The number of amides is 1. The maximum atomic E-state index is 12.4. The molecule has 0 aliphatic heterocycles. The van der Waals surface area contributed by atoms with Gasteiger partial charge in [0.2, 0.25) is 5.91 Å². The smallest absolute Gasteiger partial charge is 0.238 e. The predicted octanol–water partition coefficient (Wildman–Crippen LogP) is 4.74. The summed E-state index contributed by atoms with van der Waals surface area (Å²) in [7, 11) is 1.60. The van der Waals surface area contributed by atoms with E-state index in [0.29, 0.717) is 23.3 Å². The van der Waals surface area contributed by atoms with Gasteiger partial charge < -0.3 is 15.4 Å². The first-order valence-corrected chi connectivity index (χ1v) is 9.18. The van der Waals surface area contributed by atoms with Gasteiger partial charge in [-0.05, 0) is 35.1 Å². The lowest BCUT2D eigenvalue weighted by Crippen LogP contribution is -2.33. The van der Waals surface area contributed by atoms with Crippen LogP contribution in [0.25, 0.3) is 0 Å². The van der Waals surface area contributed by atoms with E-state index in [9.17, 15) is 4.79 Å². The van der Waals surface area contributed by atoms with Crippen molar-refractivity contribution in [3.8, 4) is 5.75 Å². The normalized spacial score (nSPS) is 12.3. The summed E-state index contributed by atoms with van der Waals surface area (Å²) in [5, 5.41) is 6.29. The second kappa shape index (κ2) is 9.39. The summed E-state index contributed by atoms with van der Waals surface area (Å²) in [6.45, 7) is 8.94. The molecule has 26 heavy (non-hydrogen) atoms. The van der Waals surface area contributed by atoms with Gasteiger partial charge in [0.1, 0.15) is 5.75 Å². The van der Waals surface area contributed by atoms with E-state index < -0.39 is 0 Å². The fraction of sp³-hybridized carbons (Fsp3) is 0.409. The van der Waals surface area contributed by atoms with Crippen LogP contribution in [0.2, 0.25) is 0 Å². The molecule has 2 aromatic carbocycles. The maximum Gasteiger partial charge on any atom is 0.238 e. The first-order chi connectivity index (χ1) is 12.4. The quantitative estimate of drug-likeness (QED) is 0.719. The fourth-order valence-electron chi connectivity index (χ4n) is 2.97. The van der Waals surface area contributed by atoms with Gasteiger partial charge in [0.15, 0.2) is 0 Å². The Morgan fingerprint density at radius 3 is 2.15 bits per heavy atom. The summed E-state index contributed by atoms with van der Waals surface area (Å²) in [6.07, 6.45) is 0. The third-order valence-corrected chi connectivity index (χ3v) is 4.49. The van der Waals surface area contributed by atoms with Crippen molar-refractivity contribution >= 4 is 11.6 Å². The molecule has 4 nitrogen and oxygen atoms in total. The SMILES string of the molecule is COc1ccccc1NC(=O)CN[C@@H](c1ccc(C(C)C)cc1)C(C)C. The third-order valence-electron chi connectivity index (χ3n) is 4.49. The lowest BCUT2D eigenvalue weighted by atomic mass is 9.93. The van der Waals surface area contributed by atoms with Gasteiger partial charge in [-0.1, -0.05) is 64.1 Å². The van der Waals surface area contributed by atoms with E-state index in [1.807, 2.05) is 24.3 Å². The molecule has 2 rings (SSSR count). The van der Waals surface area contributed by atoms with Gasteiger partial charge in [0.25, 0.3) is 0 Å². The van der Waals surface area contributed by atoms with Crippen molar-refractivity contribution in [3.05, 3.63) is 59.7 Å². The number of anilines is 1. The highest BCUT2D eigenvalue weighted by atomic mass is 16.5. The summed E-state index contributed by atoms with van der Waals surface area (Å²) in [5.41, 5.74) is 3.21. The van der Waals surface area contributed by atoms with Crippen LogP contribution in [-0.2, 0) is 4.79 Å². The van der Waals surface area contributed by atoms with Gasteiger partial charge in [-0.3, -0.25) is 4.79 Å². The van der Waals surface area contributed by atoms with Gasteiger partial charge in [0.05, 0.1) is 19.3 Å². The molecule has 0 saturated carbocycles. The Hall–Kier alpha value is -2.33. The molecule has 2 aromatic rings. The van der Waals surface area contributed by atoms with E-state index in [1.165, 1.54) is 11.1 Å². The molecule has 2 N–H and O–H groups in total. The number of hydrogen-bond donors (Lipinski definition) is 2. The average molecular weight is 354 g/mol. The predicted molar refractivity (Wildman–Crippen MR) is 108 cm³/mol. The second-order valence-corrected chi connectivity index (χ2v) is 7.17. The van der Waals surface area contributed by atoms with Crippen LogP contribution in [0, 0.1) is 5.92 Å². The van der Waals surface area contributed by atoms with E-state index in [4.69, 9.17) is 4.74 Å². The molecule has 0 heterocycles. The van der Waals surface area contributed by atoms with Crippen LogP contribution in [0.1, 0.15) is 50.8 Å². The number of carbonyl (C=O) groups excluding carboxylic acids is 1. The van der Waals surface area contributed by atoms with Crippen molar-refractivity contribution in [1.29, 1.82) is 0 Å². The van der Waals surface area contributed by atoms with Crippen molar-refractivity contribution in [1.82, 2.24) is 5.32 Å². The Bertz CT molecular complexity index is 708. The second-order valence-electron chi connectivity index (χ2n) is 7.17.